The largest absolute Gasteiger partial charge is 0.493 e. The van der Waals surface area contributed by atoms with Gasteiger partial charge in [0.25, 0.3) is 0 Å². The van der Waals surface area contributed by atoms with Gasteiger partial charge in [0.05, 0.1) is 32.1 Å². The maximum absolute atomic E-state index is 12.1. The van der Waals surface area contributed by atoms with E-state index in [0.29, 0.717) is 29.4 Å². The van der Waals surface area contributed by atoms with Gasteiger partial charge in [-0.1, -0.05) is 0 Å². The van der Waals surface area contributed by atoms with E-state index in [4.69, 9.17) is 14.2 Å². The monoisotopic (exact) mass is 375 g/mol. The molecule has 26 heavy (non-hydrogen) atoms. The second kappa shape index (κ2) is 9.72. The van der Waals surface area contributed by atoms with E-state index in [9.17, 15) is 9.59 Å². The van der Waals surface area contributed by atoms with E-state index in [1.807, 2.05) is 12.1 Å². The van der Waals surface area contributed by atoms with Crippen molar-refractivity contribution in [2.24, 2.45) is 0 Å². The fourth-order valence-corrected chi connectivity index (χ4v) is 2.88. The van der Waals surface area contributed by atoms with Crippen molar-refractivity contribution in [3.05, 3.63) is 48.0 Å². The van der Waals surface area contributed by atoms with Crippen LogP contribution < -0.4 is 14.8 Å². The number of anilines is 1. The summed E-state index contributed by atoms with van der Waals surface area (Å²) in [5, 5.41) is 2.79. The zero-order chi connectivity index (χ0) is 18.9. The minimum Gasteiger partial charge on any atom is -0.493 e. The molecule has 6 nitrogen and oxygen atoms in total. The Kier molecular flexibility index (Phi) is 7.35. The van der Waals surface area contributed by atoms with E-state index in [1.54, 1.807) is 51.5 Å². The van der Waals surface area contributed by atoms with Crippen LogP contribution >= 0.6 is 11.8 Å². The lowest BCUT2D eigenvalue weighted by Gasteiger charge is -2.09. The molecule has 0 spiro atoms. The van der Waals surface area contributed by atoms with Gasteiger partial charge < -0.3 is 19.5 Å². The van der Waals surface area contributed by atoms with Gasteiger partial charge in [0, 0.05) is 10.6 Å². The van der Waals surface area contributed by atoms with Crippen LogP contribution in [0.15, 0.2) is 47.4 Å². The number of rotatable bonds is 8. The van der Waals surface area contributed by atoms with Gasteiger partial charge in [-0.3, -0.25) is 4.79 Å². The molecule has 0 bridgehead atoms. The van der Waals surface area contributed by atoms with Gasteiger partial charge >= 0.3 is 5.97 Å². The quantitative estimate of drug-likeness (QED) is 0.561. The predicted octanol–water partition coefficient (Wildman–Crippen LogP) is 3.61. The number of carbonyl (C=O) groups excluding carboxylic acids is 2. The van der Waals surface area contributed by atoms with E-state index in [2.05, 4.69) is 5.32 Å². The fourth-order valence-electron chi connectivity index (χ4n) is 2.16. The van der Waals surface area contributed by atoms with Crippen LogP contribution in [0.25, 0.3) is 0 Å². The number of hydrogen-bond acceptors (Lipinski definition) is 6. The van der Waals surface area contributed by atoms with Crippen molar-refractivity contribution in [1.29, 1.82) is 0 Å². The summed E-state index contributed by atoms with van der Waals surface area (Å²) in [4.78, 5) is 24.6. The third-order valence-electron chi connectivity index (χ3n) is 3.40. The average Bonchev–Trinajstić information content (AvgIpc) is 2.66. The molecule has 0 radical (unpaired) electrons. The van der Waals surface area contributed by atoms with Crippen molar-refractivity contribution in [2.45, 2.75) is 11.8 Å². The third kappa shape index (κ3) is 5.42. The highest BCUT2D eigenvalue weighted by atomic mass is 32.2. The molecule has 0 aliphatic heterocycles. The normalized spacial score (nSPS) is 10.1. The van der Waals surface area contributed by atoms with Crippen LogP contribution in [0.3, 0.4) is 0 Å². The number of esters is 1. The van der Waals surface area contributed by atoms with Crippen molar-refractivity contribution >= 4 is 29.3 Å². The third-order valence-corrected chi connectivity index (χ3v) is 4.40. The lowest BCUT2D eigenvalue weighted by atomic mass is 10.2. The van der Waals surface area contributed by atoms with Gasteiger partial charge in [-0.15, -0.1) is 11.8 Å². The van der Waals surface area contributed by atoms with Crippen LogP contribution in [0.2, 0.25) is 0 Å². The summed E-state index contributed by atoms with van der Waals surface area (Å²) in [6.45, 7) is 2.08. The van der Waals surface area contributed by atoms with Gasteiger partial charge in [-0.2, -0.15) is 0 Å². The van der Waals surface area contributed by atoms with E-state index in [-0.39, 0.29) is 17.6 Å². The Morgan fingerprint density at radius 1 is 1.00 bits per heavy atom. The van der Waals surface area contributed by atoms with Gasteiger partial charge in [-0.25, -0.2) is 4.79 Å². The molecule has 1 N–H and O–H groups in total. The number of methoxy groups -OCH3 is 2. The molecule has 0 heterocycles. The van der Waals surface area contributed by atoms with E-state index in [1.165, 1.54) is 11.8 Å². The molecule has 138 valence electrons. The van der Waals surface area contributed by atoms with Crippen LogP contribution in [0.4, 0.5) is 5.69 Å². The first-order chi connectivity index (χ1) is 12.6. The van der Waals surface area contributed by atoms with Crippen LogP contribution in [0.5, 0.6) is 11.5 Å². The molecule has 1 amide bonds. The molecule has 2 aromatic carbocycles. The van der Waals surface area contributed by atoms with Gasteiger partial charge in [-0.05, 0) is 49.4 Å². The zero-order valence-corrected chi connectivity index (χ0v) is 15.7. The summed E-state index contributed by atoms with van der Waals surface area (Å²) in [6.07, 6.45) is 0. The molecule has 0 aromatic heterocycles. The average molecular weight is 375 g/mol. The van der Waals surface area contributed by atoms with Gasteiger partial charge in [0.15, 0.2) is 11.5 Å². The van der Waals surface area contributed by atoms with Gasteiger partial charge in [0.2, 0.25) is 5.91 Å². The molecule has 0 fully saturated rings. The second-order valence-corrected chi connectivity index (χ2v) is 6.20. The summed E-state index contributed by atoms with van der Waals surface area (Å²) in [5.41, 5.74) is 1.07. The summed E-state index contributed by atoms with van der Waals surface area (Å²) >= 11 is 1.39. The van der Waals surface area contributed by atoms with Crippen LogP contribution in [0.1, 0.15) is 17.3 Å². The van der Waals surface area contributed by atoms with Crippen molar-refractivity contribution in [1.82, 2.24) is 0 Å². The summed E-state index contributed by atoms with van der Waals surface area (Å²) in [5.74, 6) is 0.980. The highest BCUT2D eigenvalue weighted by Crippen LogP contribution is 2.31. The van der Waals surface area contributed by atoms with Crippen LogP contribution in [-0.2, 0) is 9.53 Å². The Hall–Kier alpha value is -2.67. The Balaban J connectivity index is 1.90. The molecule has 2 rings (SSSR count). The highest BCUT2D eigenvalue weighted by molar-refractivity contribution is 8.00. The number of benzene rings is 2. The fraction of sp³-hybridized carbons (Fsp3) is 0.263. The van der Waals surface area contributed by atoms with Crippen molar-refractivity contribution in [2.75, 3.05) is 31.9 Å². The van der Waals surface area contributed by atoms with Crippen molar-refractivity contribution < 1.29 is 23.8 Å². The number of hydrogen-bond donors (Lipinski definition) is 1. The molecule has 0 atom stereocenters. The van der Waals surface area contributed by atoms with E-state index < -0.39 is 0 Å². The molecule has 0 saturated heterocycles. The number of carbonyl (C=O) groups is 2. The summed E-state index contributed by atoms with van der Waals surface area (Å²) in [6, 6.07) is 12.1. The molecule has 0 unspecified atom stereocenters. The number of thioether (sulfide) groups is 1. The standard InChI is InChI=1S/C19H21NO5S/c1-4-25-19(22)13-5-7-14(8-6-13)20-18(21)12-26-15-9-10-16(23-2)17(11-15)24-3/h5-11H,4,12H2,1-3H3,(H,20,21). The molecule has 0 aliphatic carbocycles. The number of ether oxygens (including phenoxy) is 3. The Morgan fingerprint density at radius 2 is 1.69 bits per heavy atom. The Labute approximate surface area is 156 Å². The molecule has 0 aliphatic rings. The molecular weight excluding hydrogens is 354 g/mol. The van der Waals surface area contributed by atoms with E-state index >= 15 is 0 Å². The first-order valence-corrected chi connectivity index (χ1v) is 8.97. The first kappa shape index (κ1) is 19.7. The maximum Gasteiger partial charge on any atom is 0.338 e. The molecule has 2 aromatic rings. The Morgan fingerprint density at radius 3 is 2.31 bits per heavy atom. The molecule has 7 heteroatoms. The lowest BCUT2D eigenvalue weighted by molar-refractivity contribution is -0.113. The highest BCUT2D eigenvalue weighted by Gasteiger charge is 2.09. The summed E-state index contributed by atoms with van der Waals surface area (Å²) in [7, 11) is 3.14. The number of amides is 1. The van der Waals surface area contributed by atoms with Crippen LogP contribution in [0, 0.1) is 0 Å². The predicted molar refractivity (Wildman–Crippen MR) is 101 cm³/mol. The smallest absolute Gasteiger partial charge is 0.338 e. The maximum atomic E-state index is 12.1. The van der Waals surface area contributed by atoms with Crippen LogP contribution in [-0.4, -0.2) is 38.5 Å². The topological polar surface area (TPSA) is 73.9 Å². The first-order valence-electron chi connectivity index (χ1n) is 7.99. The summed E-state index contributed by atoms with van der Waals surface area (Å²) < 4.78 is 15.4. The lowest BCUT2D eigenvalue weighted by Crippen LogP contribution is -2.14. The van der Waals surface area contributed by atoms with Crippen molar-refractivity contribution in [3.8, 4) is 11.5 Å². The van der Waals surface area contributed by atoms with Gasteiger partial charge in [0.1, 0.15) is 0 Å². The zero-order valence-electron chi connectivity index (χ0n) is 14.9. The molecular formula is C19H21NO5S. The SMILES string of the molecule is CCOC(=O)c1ccc(NC(=O)CSc2ccc(OC)c(OC)c2)cc1. The second-order valence-electron chi connectivity index (χ2n) is 5.15. The minimum absolute atomic E-state index is 0.145. The number of nitrogens with one attached hydrogen (secondary N) is 1. The van der Waals surface area contributed by atoms with E-state index in [0.717, 1.165) is 4.90 Å². The minimum atomic E-state index is -0.380. The molecule has 0 saturated carbocycles. The van der Waals surface area contributed by atoms with Crippen molar-refractivity contribution in [3.63, 3.8) is 0 Å². The Bertz CT molecular complexity index is 761.